The number of amides is 1. The van der Waals surface area contributed by atoms with Crippen molar-refractivity contribution >= 4 is 40.3 Å². The van der Waals surface area contributed by atoms with Gasteiger partial charge in [0.25, 0.3) is 5.91 Å². The number of hydrogen-bond donors (Lipinski definition) is 0. The Labute approximate surface area is 121 Å². The molecule has 1 aromatic rings. The van der Waals surface area contributed by atoms with Crippen molar-refractivity contribution in [1.82, 2.24) is 4.90 Å². The molecule has 0 radical (unpaired) electrons. The molecule has 2 aliphatic heterocycles. The minimum absolute atomic E-state index is 0.0277. The van der Waals surface area contributed by atoms with E-state index in [1.807, 2.05) is 18.2 Å². The van der Waals surface area contributed by atoms with E-state index >= 15 is 0 Å². The first-order chi connectivity index (χ1) is 9.04. The van der Waals surface area contributed by atoms with E-state index in [0.717, 1.165) is 17.7 Å². The van der Waals surface area contributed by atoms with Gasteiger partial charge in [-0.05, 0) is 36.3 Å². The summed E-state index contributed by atoms with van der Waals surface area (Å²) in [5.74, 6) is 0.924. The lowest BCUT2D eigenvalue weighted by Crippen LogP contribution is -2.22. The van der Waals surface area contributed by atoms with Gasteiger partial charge in [-0.2, -0.15) is 0 Å². The van der Waals surface area contributed by atoms with E-state index in [2.05, 4.69) is 13.0 Å². The Morgan fingerprint density at radius 3 is 3.00 bits per heavy atom. The molecule has 1 amide bonds. The maximum Gasteiger partial charge on any atom is 0.265 e. The highest BCUT2D eigenvalue weighted by atomic mass is 32.2. The van der Waals surface area contributed by atoms with Gasteiger partial charge in [-0.25, -0.2) is 0 Å². The lowest BCUT2D eigenvalue weighted by molar-refractivity contribution is -0.121. The highest BCUT2D eigenvalue weighted by Gasteiger charge is 2.28. The lowest BCUT2D eigenvalue weighted by Gasteiger charge is -2.04. The molecular weight excluding hydrogens is 278 g/mol. The molecule has 1 unspecified atom stereocenters. The van der Waals surface area contributed by atoms with Crippen LogP contribution in [-0.2, 0) is 11.2 Å². The average Bonchev–Trinajstić information content (AvgIpc) is 2.84. The third kappa shape index (κ3) is 2.28. The second-order valence-electron chi connectivity index (χ2n) is 4.74. The molecule has 0 aromatic heterocycles. The summed E-state index contributed by atoms with van der Waals surface area (Å²) in [5.41, 5.74) is 2.22. The van der Waals surface area contributed by atoms with Gasteiger partial charge >= 0.3 is 0 Å². The number of likely N-dealkylation sites (N-methyl/N-ethyl adjacent to an activating group) is 1. The fourth-order valence-corrected chi connectivity index (χ4v) is 3.41. The van der Waals surface area contributed by atoms with Crippen LogP contribution in [0.25, 0.3) is 6.08 Å². The topological polar surface area (TPSA) is 29.5 Å². The summed E-state index contributed by atoms with van der Waals surface area (Å²) in [6.45, 7) is 2.06. The summed E-state index contributed by atoms with van der Waals surface area (Å²) in [6, 6.07) is 6.03. The Morgan fingerprint density at radius 2 is 2.32 bits per heavy atom. The van der Waals surface area contributed by atoms with Gasteiger partial charge in [0.05, 0.1) is 4.91 Å². The molecule has 1 aromatic carbocycles. The number of ether oxygens (including phenoxy) is 1. The summed E-state index contributed by atoms with van der Waals surface area (Å²) < 4.78 is 6.27. The molecule has 1 saturated heterocycles. The molecule has 5 heteroatoms. The van der Waals surface area contributed by atoms with Crippen LogP contribution in [0.3, 0.4) is 0 Å². The van der Waals surface area contributed by atoms with E-state index < -0.39 is 0 Å². The normalized spacial score (nSPS) is 24.0. The Morgan fingerprint density at radius 1 is 1.53 bits per heavy atom. The highest BCUT2D eigenvalue weighted by Crippen LogP contribution is 2.34. The minimum Gasteiger partial charge on any atom is -0.490 e. The number of thioether (sulfide) groups is 1. The zero-order chi connectivity index (χ0) is 13.6. The van der Waals surface area contributed by atoms with Crippen LogP contribution in [0.5, 0.6) is 5.75 Å². The summed E-state index contributed by atoms with van der Waals surface area (Å²) in [6.07, 6.45) is 3.05. The number of carbonyl (C=O) groups is 1. The van der Waals surface area contributed by atoms with Crippen LogP contribution in [0.4, 0.5) is 0 Å². The fourth-order valence-electron chi connectivity index (χ4n) is 2.23. The summed E-state index contributed by atoms with van der Waals surface area (Å²) in [5, 5.41) is 0. The van der Waals surface area contributed by atoms with E-state index in [1.54, 1.807) is 7.05 Å². The van der Waals surface area contributed by atoms with E-state index in [0.29, 0.717) is 9.23 Å². The Hall–Kier alpha value is -1.33. The molecule has 3 nitrogen and oxygen atoms in total. The van der Waals surface area contributed by atoms with Gasteiger partial charge in [-0.1, -0.05) is 30.0 Å². The van der Waals surface area contributed by atoms with E-state index in [4.69, 9.17) is 17.0 Å². The molecule has 0 saturated carbocycles. The largest absolute Gasteiger partial charge is 0.490 e. The lowest BCUT2D eigenvalue weighted by atomic mass is 10.1. The number of thiocarbonyl (C=S) groups is 1. The van der Waals surface area contributed by atoms with Crippen molar-refractivity contribution in [3.63, 3.8) is 0 Å². The highest BCUT2D eigenvalue weighted by molar-refractivity contribution is 8.26. The maximum absolute atomic E-state index is 11.9. The Kier molecular flexibility index (Phi) is 3.11. The predicted octanol–water partition coefficient (Wildman–Crippen LogP) is 2.84. The molecule has 0 N–H and O–H groups in total. The van der Waals surface area contributed by atoms with Crippen molar-refractivity contribution in [1.29, 1.82) is 0 Å². The van der Waals surface area contributed by atoms with Crippen molar-refractivity contribution < 1.29 is 9.53 Å². The van der Waals surface area contributed by atoms with Crippen molar-refractivity contribution in [2.75, 3.05) is 7.05 Å². The molecule has 1 fully saturated rings. The Balaban J connectivity index is 1.91. The number of nitrogens with zero attached hydrogens (tertiary/aromatic N) is 1. The minimum atomic E-state index is -0.0277. The molecule has 3 rings (SSSR count). The Bertz CT molecular complexity index is 609. The molecule has 98 valence electrons. The van der Waals surface area contributed by atoms with Crippen LogP contribution >= 0.6 is 24.0 Å². The molecule has 0 spiro atoms. The molecule has 0 bridgehead atoms. The SMILES string of the molecule is CC1Cc2cc(C=C3SC(=S)N(C)C3=O)ccc2O1. The first-order valence-electron chi connectivity index (χ1n) is 6.06. The van der Waals surface area contributed by atoms with E-state index in [9.17, 15) is 4.79 Å². The third-order valence-corrected chi connectivity index (χ3v) is 4.69. The van der Waals surface area contributed by atoms with Gasteiger partial charge in [-0.15, -0.1) is 0 Å². The molecule has 2 heterocycles. The van der Waals surface area contributed by atoms with Crippen LogP contribution in [0.1, 0.15) is 18.1 Å². The summed E-state index contributed by atoms with van der Waals surface area (Å²) in [4.78, 5) is 14.1. The van der Waals surface area contributed by atoms with Crippen LogP contribution in [0.2, 0.25) is 0 Å². The van der Waals surface area contributed by atoms with Crippen LogP contribution < -0.4 is 4.74 Å². The van der Waals surface area contributed by atoms with Gasteiger partial charge < -0.3 is 4.74 Å². The number of rotatable bonds is 1. The monoisotopic (exact) mass is 291 g/mol. The van der Waals surface area contributed by atoms with Crippen molar-refractivity contribution in [2.45, 2.75) is 19.4 Å². The quantitative estimate of drug-likeness (QED) is 0.588. The van der Waals surface area contributed by atoms with Crippen LogP contribution in [0, 0.1) is 0 Å². The number of fused-ring (bicyclic) bond motifs is 1. The van der Waals surface area contributed by atoms with Crippen molar-refractivity contribution in [3.8, 4) is 5.75 Å². The fraction of sp³-hybridized carbons (Fsp3) is 0.286. The van der Waals surface area contributed by atoms with Crippen molar-refractivity contribution in [3.05, 3.63) is 34.2 Å². The van der Waals surface area contributed by atoms with Gasteiger partial charge in [0.1, 0.15) is 16.2 Å². The second kappa shape index (κ2) is 4.65. The summed E-state index contributed by atoms with van der Waals surface area (Å²) >= 11 is 6.46. The second-order valence-corrected chi connectivity index (χ2v) is 6.42. The van der Waals surface area contributed by atoms with Crippen LogP contribution in [-0.4, -0.2) is 28.3 Å². The average molecular weight is 291 g/mol. The first kappa shape index (κ1) is 12.7. The standard InChI is InChI=1S/C14H13NO2S2/c1-8-5-10-6-9(3-4-11(10)17-8)7-12-13(16)15(2)14(18)19-12/h3-4,6-8H,5H2,1-2H3. The smallest absolute Gasteiger partial charge is 0.265 e. The van der Waals surface area contributed by atoms with Crippen LogP contribution in [0.15, 0.2) is 23.1 Å². The predicted molar refractivity (Wildman–Crippen MR) is 81.2 cm³/mol. The number of hydrogen-bond acceptors (Lipinski definition) is 4. The molecule has 19 heavy (non-hydrogen) atoms. The van der Waals surface area contributed by atoms with Gasteiger partial charge in [0.15, 0.2) is 0 Å². The number of carbonyl (C=O) groups excluding carboxylic acids is 1. The van der Waals surface area contributed by atoms with Gasteiger partial charge in [-0.3, -0.25) is 9.69 Å². The van der Waals surface area contributed by atoms with Crippen molar-refractivity contribution in [2.24, 2.45) is 0 Å². The maximum atomic E-state index is 11.9. The number of benzene rings is 1. The molecule has 1 atom stereocenters. The van der Waals surface area contributed by atoms with Gasteiger partial charge in [0, 0.05) is 13.5 Å². The zero-order valence-electron chi connectivity index (χ0n) is 10.7. The molecule has 0 aliphatic carbocycles. The molecule has 2 aliphatic rings. The zero-order valence-corrected chi connectivity index (χ0v) is 12.3. The first-order valence-corrected chi connectivity index (χ1v) is 7.28. The molecular formula is C14H13NO2S2. The van der Waals surface area contributed by atoms with E-state index in [1.165, 1.54) is 22.2 Å². The van der Waals surface area contributed by atoms with Gasteiger partial charge in [0.2, 0.25) is 0 Å². The third-order valence-electron chi connectivity index (χ3n) is 3.20. The summed E-state index contributed by atoms with van der Waals surface area (Å²) in [7, 11) is 1.71. The van der Waals surface area contributed by atoms with E-state index in [-0.39, 0.29) is 12.0 Å².